The maximum Gasteiger partial charge on any atom is 0.256 e. The first-order chi connectivity index (χ1) is 13.3. The minimum Gasteiger partial charge on any atom is -0.357 e. The summed E-state index contributed by atoms with van der Waals surface area (Å²) in [6, 6.07) is 14.9. The smallest absolute Gasteiger partial charge is 0.256 e. The van der Waals surface area contributed by atoms with Crippen LogP contribution in [0.1, 0.15) is 17.0 Å². The van der Waals surface area contributed by atoms with Gasteiger partial charge in [-0.05, 0) is 30.7 Å². The first-order valence-electron chi connectivity index (χ1n) is 8.56. The van der Waals surface area contributed by atoms with Gasteiger partial charge in [0.2, 0.25) is 0 Å². The second-order valence-electron chi connectivity index (χ2n) is 6.71. The molecule has 0 atom stereocenters. The molecule has 0 saturated carbocycles. The largest absolute Gasteiger partial charge is 0.357 e. The summed E-state index contributed by atoms with van der Waals surface area (Å²) in [4.78, 5) is 16.0. The standard InChI is InChI=1S/C21H17BrN2O3S/c1-12-20(28(2,26)27)19(13-6-4-3-5-7-13)18(23-12)11-16-15-9-8-14(22)10-17(15)24-21(16)25/h3-11,23H,1-2H3,(H,24,25)/b16-11-. The molecule has 2 aromatic carbocycles. The zero-order valence-electron chi connectivity index (χ0n) is 15.2. The molecule has 4 rings (SSSR count). The minimum absolute atomic E-state index is 0.222. The highest BCUT2D eigenvalue weighted by molar-refractivity contribution is 9.10. The van der Waals surface area contributed by atoms with Crippen molar-refractivity contribution in [2.45, 2.75) is 11.8 Å². The van der Waals surface area contributed by atoms with E-state index in [1.165, 1.54) is 6.26 Å². The van der Waals surface area contributed by atoms with Gasteiger partial charge in [0.15, 0.2) is 9.84 Å². The highest BCUT2D eigenvalue weighted by atomic mass is 79.9. The van der Waals surface area contributed by atoms with Crippen molar-refractivity contribution in [1.29, 1.82) is 0 Å². The lowest BCUT2D eigenvalue weighted by molar-refractivity contribution is -0.110. The van der Waals surface area contributed by atoms with Crippen molar-refractivity contribution in [3.63, 3.8) is 0 Å². The van der Waals surface area contributed by atoms with Crippen LogP contribution in [-0.2, 0) is 14.6 Å². The monoisotopic (exact) mass is 456 g/mol. The summed E-state index contributed by atoms with van der Waals surface area (Å²) in [5, 5.41) is 2.85. The van der Waals surface area contributed by atoms with Gasteiger partial charge >= 0.3 is 0 Å². The number of aryl methyl sites for hydroxylation is 1. The molecule has 1 aliphatic heterocycles. The number of fused-ring (bicyclic) bond motifs is 1. The summed E-state index contributed by atoms with van der Waals surface area (Å²) < 4.78 is 25.8. The summed E-state index contributed by atoms with van der Waals surface area (Å²) in [5.74, 6) is -0.222. The van der Waals surface area contributed by atoms with Gasteiger partial charge < -0.3 is 10.3 Å². The Labute approximate surface area is 171 Å². The van der Waals surface area contributed by atoms with Crippen molar-refractivity contribution in [3.05, 3.63) is 70.0 Å². The Morgan fingerprint density at radius 2 is 1.79 bits per heavy atom. The van der Waals surface area contributed by atoms with Crippen LogP contribution in [0.4, 0.5) is 5.69 Å². The number of carbonyl (C=O) groups excluding carboxylic acids is 1. The third kappa shape index (κ3) is 3.21. The molecule has 5 nitrogen and oxygen atoms in total. The fourth-order valence-electron chi connectivity index (χ4n) is 3.55. The Morgan fingerprint density at radius 3 is 2.46 bits per heavy atom. The lowest BCUT2D eigenvalue weighted by Crippen LogP contribution is -2.03. The molecule has 3 aromatic rings. The molecular weight excluding hydrogens is 440 g/mol. The number of amides is 1. The van der Waals surface area contributed by atoms with E-state index in [2.05, 4.69) is 26.2 Å². The number of H-pyrrole nitrogens is 1. The number of sulfone groups is 1. The Kier molecular flexibility index (Phi) is 4.51. The fraction of sp³-hybridized carbons (Fsp3) is 0.0952. The molecular formula is C21H17BrN2O3S. The SMILES string of the molecule is Cc1[nH]c(/C=C2\C(=O)Nc3cc(Br)ccc32)c(-c2ccccc2)c1S(C)(=O)=O. The van der Waals surface area contributed by atoms with Crippen LogP contribution in [0.25, 0.3) is 22.8 Å². The molecule has 1 aliphatic rings. The van der Waals surface area contributed by atoms with E-state index in [0.29, 0.717) is 22.5 Å². The summed E-state index contributed by atoms with van der Waals surface area (Å²) >= 11 is 3.40. The van der Waals surface area contributed by atoms with Crippen LogP contribution < -0.4 is 5.32 Å². The number of anilines is 1. The van der Waals surface area contributed by atoms with Crippen LogP contribution in [0.5, 0.6) is 0 Å². The van der Waals surface area contributed by atoms with Gasteiger partial charge in [0.25, 0.3) is 5.91 Å². The van der Waals surface area contributed by atoms with E-state index in [1.807, 2.05) is 48.5 Å². The molecule has 0 bridgehead atoms. The Balaban J connectivity index is 1.98. The predicted octanol–water partition coefficient (Wildman–Crippen LogP) is 4.65. The summed E-state index contributed by atoms with van der Waals surface area (Å²) in [7, 11) is -3.47. The third-order valence-electron chi connectivity index (χ3n) is 4.65. The topological polar surface area (TPSA) is 79.0 Å². The van der Waals surface area contributed by atoms with Crippen LogP contribution >= 0.6 is 15.9 Å². The molecule has 0 spiro atoms. The Hall–Kier alpha value is -2.64. The summed E-state index contributed by atoms with van der Waals surface area (Å²) in [6.07, 6.45) is 2.92. The van der Waals surface area contributed by atoms with Crippen molar-refractivity contribution >= 4 is 49.0 Å². The van der Waals surface area contributed by atoms with Gasteiger partial charge in [-0.25, -0.2) is 8.42 Å². The first kappa shape index (κ1) is 18.7. The summed E-state index contributed by atoms with van der Waals surface area (Å²) in [5.41, 5.74) is 4.47. The van der Waals surface area contributed by atoms with E-state index in [-0.39, 0.29) is 10.8 Å². The molecule has 0 saturated heterocycles. The van der Waals surface area contributed by atoms with Crippen LogP contribution in [0.2, 0.25) is 0 Å². The number of nitrogens with one attached hydrogen (secondary N) is 2. The minimum atomic E-state index is -3.47. The number of hydrogen-bond acceptors (Lipinski definition) is 3. The van der Waals surface area contributed by atoms with Gasteiger partial charge in [0, 0.05) is 33.2 Å². The van der Waals surface area contributed by atoms with E-state index in [4.69, 9.17) is 0 Å². The van der Waals surface area contributed by atoms with Gasteiger partial charge in [0.1, 0.15) is 0 Å². The molecule has 0 aliphatic carbocycles. The molecule has 7 heteroatoms. The number of benzene rings is 2. The first-order valence-corrected chi connectivity index (χ1v) is 11.2. The lowest BCUT2D eigenvalue weighted by Gasteiger charge is -2.06. The maximum absolute atomic E-state index is 12.6. The normalized spacial score (nSPS) is 15.0. The molecule has 2 heterocycles. The van der Waals surface area contributed by atoms with E-state index in [0.717, 1.165) is 21.3 Å². The molecule has 28 heavy (non-hydrogen) atoms. The zero-order valence-corrected chi connectivity index (χ0v) is 17.6. The third-order valence-corrected chi connectivity index (χ3v) is 6.39. The van der Waals surface area contributed by atoms with Gasteiger partial charge in [-0.2, -0.15) is 0 Å². The van der Waals surface area contributed by atoms with E-state index in [1.54, 1.807) is 13.0 Å². The van der Waals surface area contributed by atoms with Gasteiger partial charge in [-0.3, -0.25) is 4.79 Å². The average molecular weight is 457 g/mol. The maximum atomic E-state index is 12.6. The quantitative estimate of drug-likeness (QED) is 0.562. The number of hydrogen-bond donors (Lipinski definition) is 2. The summed E-state index contributed by atoms with van der Waals surface area (Å²) in [6.45, 7) is 1.73. The number of carbonyl (C=O) groups is 1. The van der Waals surface area contributed by atoms with Gasteiger partial charge in [0.05, 0.1) is 16.2 Å². The van der Waals surface area contributed by atoms with Crippen molar-refractivity contribution in [2.75, 3.05) is 11.6 Å². The van der Waals surface area contributed by atoms with Gasteiger partial charge in [-0.15, -0.1) is 0 Å². The van der Waals surface area contributed by atoms with Crippen molar-refractivity contribution < 1.29 is 13.2 Å². The highest BCUT2D eigenvalue weighted by Crippen LogP contribution is 2.39. The van der Waals surface area contributed by atoms with Crippen LogP contribution in [0, 0.1) is 6.92 Å². The molecule has 0 fully saturated rings. The lowest BCUT2D eigenvalue weighted by atomic mass is 10.0. The Bertz CT molecular complexity index is 1240. The van der Waals surface area contributed by atoms with Crippen molar-refractivity contribution in [1.82, 2.24) is 4.98 Å². The van der Waals surface area contributed by atoms with Crippen LogP contribution in [-0.4, -0.2) is 25.6 Å². The number of aromatic nitrogens is 1. The number of rotatable bonds is 3. The van der Waals surface area contributed by atoms with E-state index >= 15 is 0 Å². The van der Waals surface area contributed by atoms with Crippen LogP contribution in [0.15, 0.2) is 57.9 Å². The van der Waals surface area contributed by atoms with Crippen molar-refractivity contribution in [2.24, 2.45) is 0 Å². The average Bonchev–Trinajstić information content (AvgIpc) is 3.12. The molecule has 2 N–H and O–H groups in total. The predicted molar refractivity (Wildman–Crippen MR) is 115 cm³/mol. The molecule has 1 amide bonds. The van der Waals surface area contributed by atoms with E-state index in [9.17, 15) is 13.2 Å². The number of halogens is 1. The highest BCUT2D eigenvalue weighted by Gasteiger charge is 2.27. The molecule has 0 radical (unpaired) electrons. The van der Waals surface area contributed by atoms with Crippen LogP contribution in [0.3, 0.4) is 0 Å². The molecule has 142 valence electrons. The fourth-order valence-corrected chi connectivity index (χ4v) is 5.12. The van der Waals surface area contributed by atoms with Gasteiger partial charge in [-0.1, -0.05) is 52.3 Å². The van der Waals surface area contributed by atoms with Crippen molar-refractivity contribution in [3.8, 4) is 11.1 Å². The number of aromatic amines is 1. The second-order valence-corrected chi connectivity index (χ2v) is 9.58. The zero-order chi connectivity index (χ0) is 20.1. The molecule has 0 unspecified atom stereocenters. The Morgan fingerprint density at radius 1 is 1.07 bits per heavy atom. The second kappa shape index (κ2) is 6.76. The molecule has 1 aromatic heterocycles. The van der Waals surface area contributed by atoms with E-state index < -0.39 is 9.84 Å².